The Morgan fingerprint density at radius 2 is 1.89 bits per heavy atom. The molecule has 0 aliphatic heterocycles. The van der Waals surface area contributed by atoms with Crippen LogP contribution < -0.4 is 5.32 Å². The molecule has 0 spiro atoms. The van der Waals surface area contributed by atoms with Gasteiger partial charge in [-0.3, -0.25) is 4.79 Å². The van der Waals surface area contributed by atoms with Gasteiger partial charge in [-0.25, -0.2) is 13.2 Å². The summed E-state index contributed by atoms with van der Waals surface area (Å²) in [6.45, 7) is 4.56. The quantitative estimate of drug-likeness (QED) is 0.483. The zero-order chi connectivity index (χ0) is 13.7. The molecule has 0 unspecified atom stereocenters. The van der Waals surface area contributed by atoms with Crippen molar-refractivity contribution in [2.75, 3.05) is 6.54 Å². The summed E-state index contributed by atoms with van der Waals surface area (Å²) in [4.78, 5) is 11.6. The molecule has 0 fully saturated rings. The van der Waals surface area contributed by atoms with Gasteiger partial charge in [0.15, 0.2) is 23.2 Å². The van der Waals surface area contributed by atoms with E-state index in [1.807, 2.05) is 13.8 Å². The number of ketones is 1. The molecule has 1 rings (SSSR count). The summed E-state index contributed by atoms with van der Waals surface area (Å²) in [6.07, 6.45) is 0.622. The Morgan fingerprint density at radius 1 is 1.22 bits per heavy atom. The monoisotopic (exact) mass is 259 g/mol. The van der Waals surface area contributed by atoms with Gasteiger partial charge in [0.2, 0.25) is 0 Å². The van der Waals surface area contributed by atoms with Gasteiger partial charge in [0.1, 0.15) is 0 Å². The Labute approximate surface area is 104 Å². The van der Waals surface area contributed by atoms with Crippen LogP contribution in [0.3, 0.4) is 0 Å². The van der Waals surface area contributed by atoms with Crippen molar-refractivity contribution >= 4 is 5.78 Å². The van der Waals surface area contributed by atoms with E-state index in [-0.39, 0.29) is 6.42 Å². The molecule has 0 saturated carbocycles. The van der Waals surface area contributed by atoms with E-state index in [1.165, 1.54) is 0 Å². The highest BCUT2D eigenvalue weighted by Crippen LogP contribution is 2.17. The minimum atomic E-state index is -1.60. The first kappa shape index (κ1) is 14.7. The molecule has 18 heavy (non-hydrogen) atoms. The van der Waals surface area contributed by atoms with E-state index >= 15 is 0 Å². The van der Waals surface area contributed by atoms with Gasteiger partial charge < -0.3 is 5.32 Å². The molecular formula is C13H16F3NO. The Hall–Kier alpha value is -1.36. The normalized spacial score (nSPS) is 11.0. The summed E-state index contributed by atoms with van der Waals surface area (Å²) < 4.78 is 38.9. The molecule has 0 bridgehead atoms. The van der Waals surface area contributed by atoms with Gasteiger partial charge in [0.05, 0.1) is 5.56 Å². The number of Topliss-reactive ketones (excluding diaryl/α,β-unsaturated/α-hetero) is 1. The highest BCUT2D eigenvalue weighted by molar-refractivity contribution is 5.96. The van der Waals surface area contributed by atoms with Crippen molar-refractivity contribution in [1.29, 1.82) is 0 Å². The van der Waals surface area contributed by atoms with Crippen LogP contribution in [0.25, 0.3) is 0 Å². The largest absolute Gasteiger partial charge is 0.315 e. The molecule has 0 atom stereocenters. The molecule has 0 aromatic heterocycles. The Balaban J connectivity index is 2.60. The molecule has 0 heterocycles. The Morgan fingerprint density at radius 3 is 2.50 bits per heavy atom. The zero-order valence-corrected chi connectivity index (χ0v) is 10.4. The molecule has 0 aliphatic carbocycles. The molecule has 5 heteroatoms. The van der Waals surface area contributed by atoms with Crippen molar-refractivity contribution in [2.24, 2.45) is 0 Å². The molecule has 2 nitrogen and oxygen atoms in total. The minimum absolute atomic E-state index is 0.0989. The number of halogens is 3. The van der Waals surface area contributed by atoms with Crippen LogP contribution in [0, 0.1) is 17.5 Å². The van der Waals surface area contributed by atoms with E-state index in [4.69, 9.17) is 0 Å². The van der Waals surface area contributed by atoms with Crippen LogP contribution in [-0.2, 0) is 0 Å². The molecule has 1 aromatic rings. The Bertz CT molecular complexity index is 432. The van der Waals surface area contributed by atoms with Crippen molar-refractivity contribution in [2.45, 2.75) is 32.7 Å². The first-order chi connectivity index (χ1) is 8.43. The van der Waals surface area contributed by atoms with Crippen LogP contribution in [0.15, 0.2) is 12.1 Å². The summed E-state index contributed by atoms with van der Waals surface area (Å²) in [5, 5.41) is 3.11. The molecule has 100 valence electrons. The SMILES string of the molecule is CC(C)NCCCC(=O)c1ccc(F)c(F)c1F. The highest BCUT2D eigenvalue weighted by atomic mass is 19.2. The summed E-state index contributed by atoms with van der Waals surface area (Å²) >= 11 is 0. The lowest BCUT2D eigenvalue weighted by atomic mass is 10.1. The molecule has 0 amide bonds. The number of rotatable bonds is 6. The summed E-state index contributed by atoms with van der Waals surface area (Å²) in [5.74, 6) is -4.81. The minimum Gasteiger partial charge on any atom is -0.315 e. The fraction of sp³-hybridized carbons (Fsp3) is 0.462. The smallest absolute Gasteiger partial charge is 0.195 e. The second-order valence-corrected chi connectivity index (χ2v) is 4.36. The van der Waals surface area contributed by atoms with Gasteiger partial charge in [-0.2, -0.15) is 0 Å². The maximum absolute atomic E-state index is 13.3. The predicted molar refractivity (Wildman–Crippen MR) is 63.0 cm³/mol. The van der Waals surface area contributed by atoms with Crippen molar-refractivity contribution < 1.29 is 18.0 Å². The Kier molecular flexibility index (Phi) is 5.34. The lowest BCUT2D eigenvalue weighted by molar-refractivity contribution is 0.0974. The summed E-state index contributed by atoms with van der Waals surface area (Å²) in [7, 11) is 0. The highest BCUT2D eigenvalue weighted by Gasteiger charge is 2.18. The summed E-state index contributed by atoms with van der Waals surface area (Å²) in [6, 6.07) is 2.05. The lowest BCUT2D eigenvalue weighted by Gasteiger charge is -2.07. The van der Waals surface area contributed by atoms with Crippen molar-refractivity contribution in [1.82, 2.24) is 5.32 Å². The molecular weight excluding hydrogens is 243 g/mol. The van der Waals surface area contributed by atoms with E-state index < -0.39 is 28.8 Å². The fourth-order valence-corrected chi connectivity index (χ4v) is 1.52. The number of carbonyl (C=O) groups is 1. The number of hydrogen-bond donors (Lipinski definition) is 1. The second kappa shape index (κ2) is 6.54. The predicted octanol–water partition coefficient (Wildman–Crippen LogP) is 3.06. The first-order valence-electron chi connectivity index (χ1n) is 5.83. The van der Waals surface area contributed by atoms with E-state index in [2.05, 4.69) is 5.32 Å². The number of hydrogen-bond acceptors (Lipinski definition) is 2. The molecule has 0 aliphatic rings. The van der Waals surface area contributed by atoms with E-state index in [9.17, 15) is 18.0 Å². The molecule has 1 N–H and O–H groups in total. The standard InChI is InChI=1S/C13H16F3NO/c1-8(2)17-7-3-4-11(18)9-5-6-10(14)13(16)12(9)15/h5-6,8,17H,3-4,7H2,1-2H3. The fourth-order valence-electron chi connectivity index (χ4n) is 1.52. The number of nitrogens with one attached hydrogen (secondary N) is 1. The van der Waals surface area contributed by atoms with Gasteiger partial charge in [-0.1, -0.05) is 13.8 Å². The topological polar surface area (TPSA) is 29.1 Å². The van der Waals surface area contributed by atoms with Crippen LogP contribution in [0.1, 0.15) is 37.0 Å². The second-order valence-electron chi connectivity index (χ2n) is 4.36. The van der Waals surface area contributed by atoms with Gasteiger partial charge in [0.25, 0.3) is 0 Å². The van der Waals surface area contributed by atoms with E-state index in [0.29, 0.717) is 19.0 Å². The van der Waals surface area contributed by atoms with Gasteiger partial charge >= 0.3 is 0 Å². The number of benzene rings is 1. The first-order valence-corrected chi connectivity index (χ1v) is 5.83. The van der Waals surface area contributed by atoms with E-state index in [0.717, 1.165) is 12.1 Å². The maximum atomic E-state index is 13.3. The van der Waals surface area contributed by atoms with Gasteiger partial charge in [-0.15, -0.1) is 0 Å². The molecule has 1 aromatic carbocycles. The third-order valence-corrected chi connectivity index (χ3v) is 2.47. The third kappa shape index (κ3) is 3.84. The van der Waals surface area contributed by atoms with Crippen LogP contribution >= 0.6 is 0 Å². The zero-order valence-electron chi connectivity index (χ0n) is 10.4. The van der Waals surface area contributed by atoms with Crippen molar-refractivity contribution in [3.63, 3.8) is 0 Å². The molecule has 0 radical (unpaired) electrons. The van der Waals surface area contributed by atoms with Gasteiger partial charge in [0, 0.05) is 12.5 Å². The van der Waals surface area contributed by atoms with Crippen LogP contribution in [0.2, 0.25) is 0 Å². The van der Waals surface area contributed by atoms with E-state index in [1.54, 1.807) is 0 Å². The average molecular weight is 259 g/mol. The number of carbonyl (C=O) groups excluding carboxylic acids is 1. The maximum Gasteiger partial charge on any atom is 0.195 e. The van der Waals surface area contributed by atoms with Crippen LogP contribution in [0.4, 0.5) is 13.2 Å². The van der Waals surface area contributed by atoms with Crippen LogP contribution in [-0.4, -0.2) is 18.4 Å². The van der Waals surface area contributed by atoms with Crippen molar-refractivity contribution in [3.8, 4) is 0 Å². The van der Waals surface area contributed by atoms with Gasteiger partial charge in [-0.05, 0) is 25.1 Å². The third-order valence-electron chi connectivity index (χ3n) is 2.47. The molecule has 0 saturated heterocycles. The van der Waals surface area contributed by atoms with Crippen LogP contribution in [0.5, 0.6) is 0 Å². The average Bonchev–Trinajstić information content (AvgIpc) is 2.31. The lowest BCUT2D eigenvalue weighted by Crippen LogP contribution is -2.24. The summed E-state index contributed by atoms with van der Waals surface area (Å²) in [5.41, 5.74) is -0.390. The van der Waals surface area contributed by atoms with Crippen molar-refractivity contribution in [3.05, 3.63) is 35.1 Å².